The fraction of sp³-hybridized carbons (Fsp3) is 0.438. The van der Waals surface area contributed by atoms with E-state index in [1.807, 2.05) is 13.8 Å². The van der Waals surface area contributed by atoms with Gasteiger partial charge in [-0.3, -0.25) is 4.79 Å². The van der Waals surface area contributed by atoms with Crippen molar-refractivity contribution in [3.8, 4) is 0 Å². The first-order chi connectivity index (χ1) is 11.1. The molecule has 1 heterocycles. The average molecular weight is 357 g/mol. The number of aliphatic carboxylic acids is 1. The Bertz CT molecular complexity index is 857. The van der Waals surface area contributed by atoms with E-state index >= 15 is 0 Å². The molecular formula is C16H20FNO5S. The summed E-state index contributed by atoms with van der Waals surface area (Å²) in [5.41, 5.74) is 0.541. The molecule has 1 aromatic heterocycles. The van der Waals surface area contributed by atoms with Crippen LogP contribution in [0.4, 0.5) is 4.39 Å². The second kappa shape index (κ2) is 6.90. The van der Waals surface area contributed by atoms with Crippen molar-refractivity contribution >= 4 is 27.0 Å². The van der Waals surface area contributed by atoms with Crippen molar-refractivity contribution in [3.63, 3.8) is 0 Å². The van der Waals surface area contributed by atoms with Crippen LogP contribution in [0.5, 0.6) is 0 Å². The minimum absolute atomic E-state index is 0.117. The fourth-order valence-electron chi connectivity index (χ4n) is 2.54. The third-order valence-corrected chi connectivity index (χ3v) is 5.15. The van der Waals surface area contributed by atoms with E-state index in [2.05, 4.69) is 4.72 Å². The molecule has 24 heavy (non-hydrogen) atoms. The van der Waals surface area contributed by atoms with Gasteiger partial charge in [0.05, 0.1) is 5.92 Å². The van der Waals surface area contributed by atoms with E-state index in [0.29, 0.717) is 11.8 Å². The molecule has 0 spiro atoms. The number of sulfonamides is 1. The predicted octanol–water partition coefficient (Wildman–Crippen LogP) is 2.91. The van der Waals surface area contributed by atoms with Crippen LogP contribution < -0.4 is 4.72 Å². The highest BCUT2D eigenvalue weighted by Gasteiger charge is 2.27. The minimum atomic E-state index is -4.03. The topological polar surface area (TPSA) is 96.6 Å². The number of rotatable bonds is 7. The summed E-state index contributed by atoms with van der Waals surface area (Å²) in [6.07, 6.45) is 0.349. The van der Waals surface area contributed by atoms with E-state index in [4.69, 9.17) is 4.42 Å². The molecule has 0 fully saturated rings. The van der Waals surface area contributed by atoms with Crippen LogP contribution >= 0.6 is 0 Å². The highest BCUT2D eigenvalue weighted by Crippen LogP contribution is 2.29. The first-order valence-corrected chi connectivity index (χ1v) is 9.01. The van der Waals surface area contributed by atoms with Gasteiger partial charge in [0.1, 0.15) is 11.4 Å². The summed E-state index contributed by atoms with van der Waals surface area (Å²) >= 11 is 0. The molecule has 8 heteroatoms. The number of nitrogens with one attached hydrogen (secondary N) is 1. The number of fused-ring (bicyclic) bond motifs is 1. The van der Waals surface area contributed by atoms with Crippen molar-refractivity contribution in [2.45, 2.75) is 32.3 Å². The molecule has 0 aliphatic carbocycles. The molecule has 0 radical (unpaired) electrons. The summed E-state index contributed by atoms with van der Waals surface area (Å²) in [7, 11) is -4.03. The SMILES string of the molecule is Cc1c(S(=O)(=O)NCC(CC(C)C)C(=O)O)oc2ccc(F)cc12. The zero-order valence-electron chi connectivity index (χ0n) is 13.7. The Labute approximate surface area is 139 Å². The Kier molecular flexibility index (Phi) is 5.29. The molecule has 6 nitrogen and oxygen atoms in total. The molecule has 2 rings (SSSR count). The summed E-state index contributed by atoms with van der Waals surface area (Å²) in [4.78, 5) is 11.2. The normalized spacial score (nSPS) is 13.5. The molecule has 1 aromatic carbocycles. The molecule has 1 atom stereocenters. The second-order valence-corrected chi connectivity index (χ2v) is 7.84. The van der Waals surface area contributed by atoms with Gasteiger partial charge in [-0.15, -0.1) is 0 Å². The summed E-state index contributed by atoms with van der Waals surface area (Å²) in [5, 5.41) is 9.23. The van der Waals surface area contributed by atoms with Crippen molar-refractivity contribution in [2.24, 2.45) is 11.8 Å². The lowest BCUT2D eigenvalue weighted by molar-refractivity contribution is -0.142. The maximum absolute atomic E-state index is 13.3. The van der Waals surface area contributed by atoms with Gasteiger partial charge in [0.15, 0.2) is 0 Å². The van der Waals surface area contributed by atoms with Gasteiger partial charge in [-0.2, -0.15) is 0 Å². The van der Waals surface area contributed by atoms with Crippen molar-refractivity contribution < 1.29 is 27.1 Å². The summed E-state index contributed by atoms with van der Waals surface area (Å²) in [6.45, 7) is 5.01. The van der Waals surface area contributed by atoms with Crippen molar-refractivity contribution in [1.29, 1.82) is 0 Å². The van der Waals surface area contributed by atoms with Gasteiger partial charge < -0.3 is 9.52 Å². The lowest BCUT2D eigenvalue weighted by Gasteiger charge is -2.15. The van der Waals surface area contributed by atoms with Crippen LogP contribution in [0.3, 0.4) is 0 Å². The highest BCUT2D eigenvalue weighted by atomic mass is 32.2. The van der Waals surface area contributed by atoms with E-state index in [1.165, 1.54) is 25.1 Å². The highest BCUT2D eigenvalue weighted by molar-refractivity contribution is 7.89. The zero-order valence-corrected chi connectivity index (χ0v) is 14.5. The quantitative estimate of drug-likeness (QED) is 0.794. The molecule has 2 N–H and O–H groups in total. The molecule has 0 aliphatic rings. The number of carbonyl (C=O) groups is 1. The van der Waals surface area contributed by atoms with Gasteiger partial charge in [-0.1, -0.05) is 13.8 Å². The van der Waals surface area contributed by atoms with Gasteiger partial charge >= 0.3 is 5.97 Å². The first kappa shape index (κ1) is 18.4. The maximum Gasteiger partial charge on any atom is 0.307 e. The number of carboxylic acids is 1. The lowest BCUT2D eigenvalue weighted by Crippen LogP contribution is -2.33. The number of halogens is 1. The van der Waals surface area contributed by atoms with E-state index in [-0.39, 0.29) is 28.7 Å². The number of carboxylic acid groups (broad SMARTS) is 1. The summed E-state index contributed by atoms with van der Waals surface area (Å²) in [5.74, 6) is -2.27. The molecule has 0 bridgehead atoms. The monoisotopic (exact) mass is 357 g/mol. The van der Waals surface area contributed by atoms with Crippen LogP contribution in [0.15, 0.2) is 27.7 Å². The fourth-order valence-corrected chi connectivity index (χ4v) is 3.81. The Morgan fingerprint density at radius 3 is 2.62 bits per heavy atom. The Hall–Kier alpha value is -1.93. The number of furan rings is 1. The van der Waals surface area contributed by atoms with E-state index in [9.17, 15) is 22.7 Å². The van der Waals surface area contributed by atoms with Gasteiger partial charge in [0.2, 0.25) is 5.09 Å². The average Bonchev–Trinajstić information content (AvgIpc) is 2.80. The number of benzene rings is 1. The summed E-state index contributed by atoms with van der Waals surface area (Å²) in [6, 6.07) is 3.74. The first-order valence-electron chi connectivity index (χ1n) is 7.53. The number of hydrogen-bond donors (Lipinski definition) is 2. The molecule has 0 saturated heterocycles. The van der Waals surface area contributed by atoms with Crippen LogP contribution in [0.2, 0.25) is 0 Å². The standard InChI is InChI=1S/C16H20FNO5S/c1-9(2)6-11(15(19)20)8-18-24(21,22)16-10(3)13-7-12(17)4-5-14(13)23-16/h4-5,7,9,11,18H,6,8H2,1-3H3,(H,19,20). The Balaban J connectivity index is 2.27. The van der Waals surface area contributed by atoms with Crippen molar-refractivity contribution in [1.82, 2.24) is 4.72 Å². The van der Waals surface area contributed by atoms with Crippen molar-refractivity contribution in [3.05, 3.63) is 29.6 Å². The van der Waals surface area contributed by atoms with E-state index in [0.717, 1.165) is 0 Å². The third kappa shape index (κ3) is 3.93. The smallest absolute Gasteiger partial charge is 0.307 e. The molecule has 1 unspecified atom stereocenters. The molecular weight excluding hydrogens is 337 g/mol. The van der Waals surface area contributed by atoms with Crippen LogP contribution in [0.1, 0.15) is 25.8 Å². The van der Waals surface area contributed by atoms with E-state index < -0.39 is 27.7 Å². The molecule has 0 amide bonds. The van der Waals surface area contributed by atoms with Gasteiger partial charge in [-0.25, -0.2) is 17.5 Å². The minimum Gasteiger partial charge on any atom is -0.481 e. The number of aryl methyl sites for hydroxylation is 1. The largest absolute Gasteiger partial charge is 0.481 e. The van der Waals surface area contributed by atoms with Crippen LogP contribution in [-0.4, -0.2) is 26.0 Å². The zero-order chi connectivity index (χ0) is 18.1. The third-order valence-electron chi connectivity index (χ3n) is 3.72. The maximum atomic E-state index is 13.3. The summed E-state index contributed by atoms with van der Waals surface area (Å²) < 4.78 is 45.8. The van der Waals surface area contributed by atoms with Crippen LogP contribution in [0, 0.1) is 24.6 Å². The molecule has 0 saturated carbocycles. The van der Waals surface area contributed by atoms with Crippen LogP contribution in [-0.2, 0) is 14.8 Å². The van der Waals surface area contributed by atoms with Crippen molar-refractivity contribution in [2.75, 3.05) is 6.54 Å². The molecule has 132 valence electrons. The Morgan fingerprint density at radius 1 is 1.38 bits per heavy atom. The molecule has 0 aliphatic heterocycles. The Morgan fingerprint density at radius 2 is 2.04 bits per heavy atom. The van der Waals surface area contributed by atoms with Gasteiger partial charge in [0, 0.05) is 17.5 Å². The number of hydrogen-bond acceptors (Lipinski definition) is 4. The lowest BCUT2D eigenvalue weighted by atomic mass is 9.98. The van der Waals surface area contributed by atoms with Crippen LogP contribution in [0.25, 0.3) is 11.0 Å². The molecule has 2 aromatic rings. The van der Waals surface area contributed by atoms with E-state index in [1.54, 1.807) is 0 Å². The van der Waals surface area contributed by atoms with Gasteiger partial charge in [0.25, 0.3) is 10.0 Å². The second-order valence-electron chi connectivity index (χ2n) is 6.17. The predicted molar refractivity (Wildman–Crippen MR) is 86.7 cm³/mol. The van der Waals surface area contributed by atoms with Gasteiger partial charge in [-0.05, 0) is 37.5 Å².